The minimum atomic E-state index is -4.54. The van der Waals surface area contributed by atoms with Crippen LogP contribution in [0.15, 0.2) is 71.0 Å². The van der Waals surface area contributed by atoms with Crippen LogP contribution in [0.1, 0.15) is 17.8 Å². The largest absolute Gasteiger partial charge is 0.299 e. The first-order valence-electron chi connectivity index (χ1n) is 8.33. The number of nitrogens with two attached hydrogens (primary N) is 1. The van der Waals surface area contributed by atoms with E-state index in [4.69, 9.17) is 18.1 Å². The number of pyridine rings is 2. The highest BCUT2D eigenvalue weighted by Crippen LogP contribution is 2.43. The molecule has 0 aromatic carbocycles. The van der Waals surface area contributed by atoms with E-state index < -0.39 is 15.7 Å². The fourth-order valence-corrected chi connectivity index (χ4v) is 4.05. The molecule has 2 aromatic rings. The summed E-state index contributed by atoms with van der Waals surface area (Å²) in [5.41, 5.74) is 2.35. The standard InChI is InChI=1S/C18H18N6O3S2/c1-20-24(17(28)23-19)18(16-7-3-5-9-22-16)11-13(15-6-2-4-8-21-15)10-14(12-18)29(25,26)27/h2-11H,1,12,19H2,(H,23,28)(H,25,26,27). The predicted octanol–water partition coefficient (Wildman–Crippen LogP) is 1.60. The maximum absolute atomic E-state index is 12.1. The quantitative estimate of drug-likeness (QED) is 0.212. The van der Waals surface area contributed by atoms with Crippen LogP contribution in [0.4, 0.5) is 0 Å². The van der Waals surface area contributed by atoms with Gasteiger partial charge in [-0.1, -0.05) is 12.1 Å². The monoisotopic (exact) mass is 430 g/mol. The van der Waals surface area contributed by atoms with Gasteiger partial charge in [0.05, 0.1) is 16.3 Å². The number of hydrazone groups is 1. The minimum absolute atomic E-state index is 0.0149. The molecular weight excluding hydrogens is 412 g/mol. The van der Waals surface area contributed by atoms with Gasteiger partial charge in [0.1, 0.15) is 5.54 Å². The molecule has 1 aliphatic carbocycles. The van der Waals surface area contributed by atoms with Crippen molar-refractivity contribution in [3.8, 4) is 0 Å². The van der Waals surface area contributed by atoms with Crippen molar-refractivity contribution >= 4 is 39.7 Å². The summed E-state index contributed by atoms with van der Waals surface area (Å²) in [7, 11) is -4.54. The molecular formula is C18H18N6O3S2. The summed E-state index contributed by atoms with van der Waals surface area (Å²) < 4.78 is 34.1. The lowest BCUT2D eigenvalue weighted by Gasteiger charge is -2.41. The summed E-state index contributed by atoms with van der Waals surface area (Å²) in [6.07, 6.45) is 6.00. The highest BCUT2D eigenvalue weighted by atomic mass is 32.2. The molecule has 3 rings (SSSR count). The lowest BCUT2D eigenvalue weighted by molar-refractivity contribution is 0.229. The molecule has 0 spiro atoms. The molecule has 4 N–H and O–H groups in total. The highest BCUT2D eigenvalue weighted by Gasteiger charge is 2.45. The second kappa shape index (κ2) is 8.17. The molecule has 11 heteroatoms. The molecule has 0 saturated heterocycles. The smallest absolute Gasteiger partial charge is 0.290 e. The third-order valence-corrected chi connectivity index (χ3v) is 5.61. The van der Waals surface area contributed by atoms with Crippen molar-refractivity contribution < 1.29 is 13.0 Å². The van der Waals surface area contributed by atoms with Gasteiger partial charge in [-0.05, 0) is 54.2 Å². The van der Waals surface area contributed by atoms with E-state index in [0.29, 0.717) is 17.0 Å². The molecule has 1 unspecified atom stereocenters. The maximum Gasteiger partial charge on any atom is 0.290 e. The topological polar surface area (TPSA) is 134 Å². The Hall–Kier alpha value is -2.99. The van der Waals surface area contributed by atoms with Crippen molar-refractivity contribution in [3.05, 3.63) is 77.2 Å². The van der Waals surface area contributed by atoms with Gasteiger partial charge >= 0.3 is 0 Å². The molecule has 29 heavy (non-hydrogen) atoms. The lowest BCUT2D eigenvalue weighted by atomic mass is 9.83. The predicted molar refractivity (Wildman–Crippen MR) is 114 cm³/mol. The Morgan fingerprint density at radius 3 is 2.48 bits per heavy atom. The number of hydrogen-bond donors (Lipinski definition) is 3. The first-order valence-corrected chi connectivity index (χ1v) is 10.2. The fraction of sp³-hybridized carbons (Fsp3) is 0.111. The first-order chi connectivity index (χ1) is 13.8. The van der Waals surface area contributed by atoms with Gasteiger partial charge in [0.2, 0.25) is 5.11 Å². The van der Waals surface area contributed by atoms with Gasteiger partial charge in [-0.15, -0.1) is 0 Å². The summed E-state index contributed by atoms with van der Waals surface area (Å²) in [5, 5.41) is 5.21. The van der Waals surface area contributed by atoms with Gasteiger partial charge < -0.3 is 0 Å². The Morgan fingerprint density at radius 2 is 1.97 bits per heavy atom. The average molecular weight is 431 g/mol. The number of nitrogens with zero attached hydrogens (tertiary/aromatic N) is 4. The second-order valence-corrected chi connectivity index (χ2v) is 7.98. The second-order valence-electron chi connectivity index (χ2n) is 6.12. The van der Waals surface area contributed by atoms with Gasteiger partial charge in [-0.25, -0.2) is 10.9 Å². The van der Waals surface area contributed by atoms with Gasteiger partial charge in [0, 0.05) is 25.5 Å². The third kappa shape index (κ3) is 4.07. The van der Waals surface area contributed by atoms with Crippen LogP contribution in [0.5, 0.6) is 0 Å². The number of hydrogen-bond acceptors (Lipinski definition) is 7. The van der Waals surface area contributed by atoms with E-state index in [9.17, 15) is 13.0 Å². The van der Waals surface area contributed by atoms with Gasteiger partial charge in [-0.2, -0.15) is 13.5 Å². The van der Waals surface area contributed by atoms with Crippen LogP contribution < -0.4 is 11.3 Å². The van der Waals surface area contributed by atoms with Crippen LogP contribution in [-0.2, 0) is 15.7 Å². The Kier molecular flexibility index (Phi) is 5.84. The average Bonchev–Trinajstić information content (AvgIpc) is 2.74. The zero-order valence-electron chi connectivity index (χ0n) is 15.1. The van der Waals surface area contributed by atoms with Gasteiger partial charge in [-0.3, -0.25) is 19.9 Å². The number of allylic oxidation sites excluding steroid dienone is 2. The van der Waals surface area contributed by atoms with Gasteiger partial charge in [0.25, 0.3) is 10.1 Å². The summed E-state index contributed by atoms with van der Waals surface area (Å²) in [4.78, 5) is 8.41. The summed E-state index contributed by atoms with van der Waals surface area (Å²) in [5.74, 6) is 5.50. The van der Waals surface area contributed by atoms with E-state index >= 15 is 0 Å². The normalized spacial score (nSPS) is 19.0. The zero-order valence-corrected chi connectivity index (χ0v) is 16.8. The summed E-state index contributed by atoms with van der Waals surface area (Å²) >= 11 is 5.27. The van der Waals surface area contributed by atoms with E-state index in [0.717, 1.165) is 0 Å². The van der Waals surface area contributed by atoms with Crippen molar-refractivity contribution in [2.24, 2.45) is 10.9 Å². The molecule has 0 radical (unpaired) electrons. The molecule has 0 aliphatic heterocycles. The molecule has 0 fully saturated rings. The van der Waals surface area contributed by atoms with E-state index in [1.165, 1.54) is 11.1 Å². The van der Waals surface area contributed by atoms with E-state index in [-0.39, 0.29) is 16.4 Å². The minimum Gasteiger partial charge on any atom is -0.299 e. The van der Waals surface area contributed by atoms with E-state index in [1.807, 2.05) is 0 Å². The molecule has 0 amide bonds. The number of aromatic nitrogens is 2. The lowest BCUT2D eigenvalue weighted by Crippen LogP contribution is -2.52. The van der Waals surface area contributed by atoms with E-state index in [2.05, 4.69) is 27.2 Å². The molecule has 9 nitrogen and oxygen atoms in total. The Labute approximate surface area is 173 Å². The Bertz CT molecular complexity index is 1090. The highest BCUT2D eigenvalue weighted by molar-refractivity contribution is 7.89. The zero-order chi connectivity index (χ0) is 21.1. The van der Waals surface area contributed by atoms with Crippen LogP contribution >= 0.6 is 12.2 Å². The fourth-order valence-electron chi connectivity index (χ4n) is 3.15. The maximum atomic E-state index is 12.1. The summed E-state index contributed by atoms with van der Waals surface area (Å²) in [6, 6.07) is 10.4. The van der Waals surface area contributed by atoms with Crippen LogP contribution in [0.2, 0.25) is 0 Å². The van der Waals surface area contributed by atoms with Crippen molar-refractivity contribution in [1.29, 1.82) is 0 Å². The van der Waals surface area contributed by atoms with Crippen LogP contribution in [-0.4, -0.2) is 39.8 Å². The SMILES string of the molecule is C=NN(C(=S)NN)C1(c2ccccn2)C=C(c2ccccn2)C=C(S(=O)(=O)O)C1. The molecule has 0 saturated carbocycles. The molecule has 0 bridgehead atoms. The van der Waals surface area contributed by atoms with Crippen molar-refractivity contribution in [3.63, 3.8) is 0 Å². The molecule has 150 valence electrons. The van der Waals surface area contributed by atoms with Crippen LogP contribution in [0.3, 0.4) is 0 Å². The number of nitrogens with one attached hydrogen (secondary N) is 1. The molecule has 2 heterocycles. The number of hydrazine groups is 1. The number of thiocarbonyl (C=S) groups is 1. The summed E-state index contributed by atoms with van der Waals surface area (Å²) in [6.45, 7) is 3.55. The van der Waals surface area contributed by atoms with Gasteiger partial charge in [0.15, 0.2) is 0 Å². The van der Waals surface area contributed by atoms with Crippen molar-refractivity contribution in [2.75, 3.05) is 0 Å². The molecule has 1 atom stereocenters. The van der Waals surface area contributed by atoms with Crippen LogP contribution in [0.25, 0.3) is 5.57 Å². The van der Waals surface area contributed by atoms with E-state index in [1.54, 1.807) is 54.9 Å². The molecule has 2 aromatic heterocycles. The van der Waals surface area contributed by atoms with Crippen molar-refractivity contribution in [1.82, 2.24) is 20.4 Å². The first kappa shape index (κ1) is 20.7. The number of rotatable bonds is 5. The Morgan fingerprint density at radius 1 is 1.28 bits per heavy atom. The molecule has 1 aliphatic rings. The third-order valence-electron chi connectivity index (χ3n) is 4.39. The van der Waals surface area contributed by atoms with Crippen molar-refractivity contribution in [2.45, 2.75) is 12.0 Å². The van der Waals surface area contributed by atoms with Crippen LogP contribution in [0, 0.1) is 0 Å². The Balaban J connectivity index is 2.34.